The lowest BCUT2D eigenvalue weighted by Crippen LogP contribution is -2.30. The van der Waals surface area contributed by atoms with E-state index in [-0.39, 0.29) is 17.4 Å². The van der Waals surface area contributed by atoms with Gasteiger partial charge in [0.2, 0.25) is 5.13 Å². The Morgan fingerprint density at radius 3 is 2.50 bits per heavy atom. The van der Waals surface area contributed by atoms with Crippen molar-refractivity contribution in [1.82, 2.24) is 9.36 Å². The lowest BCUT2D eigenvalue weighted by Gasteiger charge is -2.26. The van der Waals surface area contributed by atoms with Crippen LogP contribution in [0.25, 0.3) is 0 Å². The number of nitrogens with one attached hydrogen (secondary N) is 1. The molecule has 102 valence electrons. The van der Waals surface area contributed by atoms with Crippen LogP contribution < -0.4 is 5.32 Å². The normalized spacial score (nSPS) is 19.1. The van der Waals surface area contributed by atoms with Crippen molar-refractivity contribution in [2.75, 3.05) is 18.5 Å². The van der Waals surface area contributed by atoms with Crippen LogP contribution >= 0.6 is 11.5 Å². The second-order valence-electron chi connectivity index (χ2n) is 6.39. The molecule has 1 aromatic rings. The third-order valence-corrected chi connectivity index (χ3v) is 4.38. The molecule has 1 aliphatic carbocycles. The van der Waals surface area contributed by atoms with Crippen LogP contribution in [0, 0.1) is 5.41 Å². The molecule has 0 aliphatic heterocycles. The van der Waals surface area contributed by atoms with Gasteiger partial charge in [-0.25, -0.2) is 4.98 Å². The zero-order valence-electron chi connectivity index (χ0n) is 11.5. The Morgan fingerprint density at radius 2 is 2.00 bits per heavy atom. The lowest BCUT2D eigenvalue weighted by molar-refractivity contribution is 0.142. The van der Waals surface area contributed by atoms with Gasteiger partial charge in [-0.05, 0) is 12.8 Å². The largest absolute Gasteiger partial charge is 0.396 e. The standard InChI is InChI=1S/C13H23N3OS/c1-12(2,3)10-15-11(18-16-10)14-8-13(9-17)6-4-5-7-13/h17H,4-9H2,1-3H3,(H,14,15,16). The van der Waals surface area contributed by atoms with Gasteiger partial charge in [0.25, 0.3) is 0 Å². The van der Waals surface area contributed by atoms with Crippen LogP contribution in [0.3, 0.4) is 0 Å². The Kier molecular flexibility index (Phi) is 3.92. The van der Waals surface area contributed by atoms with Gasteiger partial charge in [-0.1, -0.05) is 33.6 Å². The molecule has 0 bridgehead atoms. The Morgan fingerprint density at radius 1 is 1.33 bits per heavy atom. The molecule has 0 unspecified atom stereocenters. The minimum absolute atomic E-state index is 0.00153. The van der Waals surface area contributed by atoms with Gasteiger partial charge in [0.15, 0.2) is 0 Å². The molecule has 0 radical (unpaired) electrons. The summed E-state index contributed by atoms with van der Waals surface area (Å²) in [5.41, 5.74) is 0.0615. The number of rotatable bonds is 4. The highest BCUT2D eigenvalue weighted by Gasteiger charge is 2.33. The van der Waals surface area contributed by atoms with Gasteiger partial charge in [-0.3, -0.25) is 0 Å². The SMILES string of the molecule is CC(C)(C)c1nsc(NCC2(CO)CCCC2)n1. The molecule has 5 heteroatoms. The van der Waals surface area contributed by atoms with E-state index in [9.17, 15) is 5.11 Å². The molecular formula is C13H23N3OS. The second-order valence-corrected chi connectivity index (χ2v) is 7.14. The molecule has 18 heavy (non-hydrogen) atoms. The van der Waals surface area contributed by atoms with Crippen molar-refractivity contribution in [3.05, 3.63) is 5.82 Å². The molecule has 0 saturated heterocycles. The summed E-state index contributed by atoms with van der Waals surface area (Å²) in [6.45, 7) is 7.42. The minimum atomic E-state index is -0.00153. The van der Waals surface area contributed by atoms with E-state index in [1.54, 1.807) is 0 Å². The van der Waals surface area contributed by atoms with Gasteiger partial charge in [0.05, 0.1) is 6.61 Å². The summed E-state index contributed by atoms with van der Waals surface area (Å²) in [6, 6.07) is 0. The molecule has 4 nitrogen and oxygen atoms in total. The maximum atomic E-state index is 9.56. The molecule has 0 aromatic carbocycles. The zero-order chi connectivity index (χ0) is 13.2. The average Bonchev–Trinajstić information content (AvgIpc) is 2.96. The van der Waals surface area contributed by atoms with E-state index in [4.69, 9.17) is 0 Å². The summed E-state index contributed by atoms with van der Waals surface area (Å²) < 4.78 is 4.39. The Bertz CT molecular complexity index is 391. The summed E-state index contributed by atoms with van der Waals surface area (Å²) in [7, 11) is 0. The number of aliphatic hydroxyl groups is 1. The van der Waals surface area contributed by atoms with Crippen LogP contribution in [0.5, 0.6) is 0 Å². The van der Waals surface area contributed by atoms with Crippen molar-refractivity contribution in [1.29, 1.82) is 0 Å². The summed E-state index contributed by atoms with van der Waals surface area (Å²) >= 11 is 1.42. The van der Waals surface area contributed by atoms with E-state index in [1.807, 2.05) is 0 Å². The van der Waals surface area contributed by atoms with Gasteiger partial charge in [0, 0.05) is 28.9 Å². The molecule has 1 heterocycles. The summed E-state index contributed by atoms with van der Waals surface area (Å²) in [5.74, 6) is 0.888. The van der Waals surface area contributed by atoms with E-state index in [2.05, 4.69) is 35.4 Å². The molecule has 1 fully saturated rings. The van der Waals surface area contributed by atoms with Crippen LogP contribution in [0.4, 0.5) is 5.13 Å². The number of aliphatic hydroxyl groups excluding tert-OH is 1. The van der Waals surface area contributed by atoms with Crippen molar-refractivity contribution in [3.8, 4) is 0 Å². The van der Waals surface area contributed by atoms with Crippen molar-refractivity contribution < 1.29 is 5.11 Å². The van der Waals surface area contributed by atoms with E-state index in [0.717, 1.165) is 30.3 Å². The molecule has 2 N–H and O–H groups in total. The fourth-order valence-electron chi connectivity index (χ4n) is 2.38. The molecule has 0 spiro atoms. The monoisotopic (exact) mass is 269 g/mol. The first kappa shape index (κ1) is 13.7. The van der Waals surface area contributed by atoms with E-state index in [0.29, 0.717) is 0 Å². The number of hydrogen-bond donors (Lipinski definition) is 2. The predicted octanol–water partition coefficient (Wildman–Crippen LogP) is 2.80. The number of aromatic nitrogens is 2. The number of hydrogen-bond acceptors (Lipinski definition) is 5. The first-order valence-electron chi connectivity index (χ1n) is 6.64. The molecule has 1 saturated carbocycles. The van der Waals surface area contributed by atoms with E-state index in [1.165, 1.54) is 24.4 Å². The lowest BCUT2D eigenvalue weighted by atomic mass is 9.87. The van der Waals surface area contributed by atoms with Crippen LogP contribution in [0.15, 0.2) is 0 Å². The number of nitrogens with zero attached hydrogens (tertiary/aromatic N) is 2. The topological polar surface area (TPSA) is 58.0 Å². The van der Waals surface area contributed by atoms with Crippen molar-refractivity contribution in [3.63, 3.8) is 0 Å². The zero-order valence-corrected chi connectivity index (χ0v) is 12.3. The van der Waals surface area contributed by atoms with Crippen molar-refractivity contribution >= 4 is 16.7 Å². The Hall–Kier alpha value is -0.680. The summed E-state index contributed by atoms with van der Waals surface area (Å²) in [5, 5.41) is 13.8. The van der Waals surface area contributed by atoms with Gasteiger partial charge >= 0.3 is 0 Å². The smallest absolute Gasteiger partial charge is 0.202 e. The average molecular weight is 269 g/mol. The fourth-order valence-corrected chi connectivity index (χ4v) is 3.13. The highest BCUT2D eigenvalue weighted by Crippen LogP contribution is 2.37. The van der Waals surface area contributed by atoms with Gasteiger partial charge in [-0.15, -0.1) is 0 Å². The maximum Gasteiger partial charge on any atom is 0.202 e. The predicted molar refractivity (Wildman–Crippen MR) is 75.1 cm³/mol. The molecule has 2 rings (SSSR count). The third kappa shape index (κ3) is 3.01. The van der Waals surface area contributed by atoms with E-state index >= 15 is 0 Å². The first-order valence-corrected chi connectivity index (χ1v) is 7.41. The quantitative estimate of drug-likeness (QED) is 0.882. The van der Waals surface area contributed by atoms with Crippen LogP contribution in [-0.4, -0.2) is 27.6 Å². The van der Waals surface area contributed by atoms with Gasteiger partial charge in [-0.2, -0.15) is 4.37 Å². The van der Waals surface area contributed by atoms with Crippen LogP contribution in [0.2, 0.25) is 0 Å². The Balaban J connectivity index is 1.96. The second kappa shape index (κ2) is 5.13. The molecule has 1 aliphatic rings. The maximum absolute atomic E-state index is 9.56. The highest BCUT2D eigenvalue weighted by molar-refractivity contribution is 7.09. The fraction of sp³-hybridized carbons (Fsp3) is 0.846. The summed E-state index contributed by atoms with van der Waals surface area (Å²) in [4.78, 5) is 4.52. The minimum Gasteiger partial charge on any atom is -0.396 e. The Labute approximate surface area is 113 Å². The van der Waals surface area contributed by atoms with Gasteiger partial charge in [0.1, 0.15) is 5.82 Å². The first-order chi connectivity index (χ1) is 8.45. The van der Waals surface area contributed by atoms with Crippen molar-refractivity contribution in [2.24, 2.45) is 5.41 Å². The molecule has 0 amide bonds. The van der Waals surface area contributed by atoms with Crippen LogP contribution in [0.1, 0.15) is 52.3 Å². The molecule has 1 aromatic heterocycles. The molecule has 0 atom stereocenters. The van der Waals surface area contributed by atoms with E-state index < -0.39 is 0 Å². The number of anilines is 1. The third-order valence-electron chi connectivity index (χ3n) is 3.71. The van der Waals surface area contributed by atoms with Gasteiger partial charge < -0.3 is 10.4 Å². The molecular weight excluding hydrogens is 246 g/mol. The van der Waals surface area contributed by atoms with Crippen LogP contribution in [-0.2, 0) is 5.41 Å². The van der Waals surface area contributed by atoms with Crippen molar-refractivity contribution in [2.45, 2.75) is 51.9 Å². The summed E-state index contributed by atoms with van der Waals surface area (Å²) in [6.07, 6.45) is 4.68. The highest BCUT2D eigenvalue weighted by atomic mass is 32.1.